The standard InChI is InChI=1S/C54H42N2/c1-3-12-37(13-4-1)50-33-51(56-53(55-50)39-14-5-2-6-15-39)38-24-22-36(23-25-38)44-18-9-10-19-45(44)46-20-11-21-48-52(46)47-31-40-16-7-8-17-41(40)32-49(47)54(48)42-27-34-26-35(29-42)30-43(54)28-34/h1-25,31-35,42-43H,26-30H2. The maximum atomic E-state index is 5.11. The highest BCUT2D eigenvalue weighted by molar-refractivity contribution is 6.01. The van der Waals surface area contributed by atoms with Gasteiger partial charge >= 0.3 is 0 Å². The minimum Gasteiger partial charge on any atom is -0.228 e. The zero-order valence-corrected chi connectivity index (χ0v) is 31.4. The SMILES string of the molecule is c1ccc(-c2cc(-c3ccc(-c4ccccc4-c4cccc5c4-c4cc6ccccc6cc4C54C5CC6CC(C5)CC4C6)cc3)nc(-c3ccccc3)n2)cc1. The van der Waals surface area contributed by atoms with Crippen molar-refractivity contribution >= 4 is 10.8 Å². The van der Waals surface area contributed by atoms with Crippen LogP contribution in [0.2, 0.25) is 0 Å². The molecule has 0 atom stereocenters. The molecule has 0 saturated heterocycles. The number of fused-ring (bicyclic) bond motifs is 4. The molecule has 56 heavy (non-hydrogen) atoms. The second-order valence-electron chi connectivity index (χ2n) is 17.0. The van der Waals surface area contributed by atoms with E-state index in [0.29, 0.717) is 0 Å². The van der Waals surface area contributed by atoms with E-state index in [1.54, 1.807) is 11.1 Å². The van der Waals surface area contributed by atoms with Crippen LogP contribution >= 0.6 is 0 Å². The predicted molar refractivity (Wildman–Crippen MR) is 230 cm³/mol. The molecule has 1 spiro atoms. The molecule has 0 N–H and O–H groups in total. The Labute approximate surface area is 329 Å². The van der Waals surface area contributed by atoms with E-state index in [1.165, 1.54) is 76.3 Å². The van der Waals surface area contributed by atoms with Gasteiger partial charge in [0.2, 0.25) is 0 Å². The summed E-state index contributed by atoms with van der Waals surface area (Å²) in [5.74, 6) is 4.02. The first-order chi connectivity index (χ1) is 27.7. The third kappa shape index (κ3) is 4.81. The molecule has 13 rings (SSSR count). The van der Waals surface area contributed by atoms with Gasteiger partial charge in [-0.1, -0.05) is 152 Å². The number of rotatable bonds is 5. The van der Waals surface area contributed by atoms with Crippen LogP contribution in [0.25, 0.3) is 78.1 Å². The lowest BCUT2D eigenvalue weighted by molar-refractivity contribution is -0.0398. The van der Waals surface area contributed by atoms with Crippen LogP contribution in [-0.2, 0) is 5.41 Å². The van der Waals surface area contributed by atoms with E-state index < -0.39 is 0 Å². The van der Waals surface area contributed by atoms with E-state index in [0.717, 1.165) is 57.6 Å². The summed E-state index contributed by atoms with van der Waals surface area (Å²) < 4.78 is 0. The first kappa shape index (κ1) is 32.2. The molecular formula is C54H42N2. The molecule has 8 aromatic rings. The van der Waals surface area contributed by atoms with Crippen molar-refractivity contribution in [3.8, 4) is 67.3 Å². The Balaban J connectivity index is 0.993. The summed E-state index contributed by atoms with van der Waals surface area (Å²) >= 11 is 0. The lowest BCUT2D eigenvalue weighted by Gasteiger charge is -2.61. The van der Waals surface area contributed by atoms with Crippen molar-refractivity contribution in [2.75, 3.05) is 0 Å². The number of benzene rings is 7. The Bertz CT molecular complexity index is 2710. The monoisotopic (exact) mass is 718 g/mol. The highest BCUT2D eigenvalue weighted by Crippen LogP contribution is 2.70. The molecular weight excluding hydrogens is 677 g/mol. The Kier molecular flexibility index (Phi) is 7.15. The largest absolute Gasteiger partial charge is 0.228 e. The van der Waals surface area contributed by atoms with Gasteiger partial charge in [0.1, 0.15) is 0 Å². The lowest BCUT2D eigenvalue weighted by atomic mass is 9.43. The van der Waals surface area contributed by atoms with Crippen LogP contribution in [0.3, 0.4) is 0 Å². The molecule has 0 aliphatic heterocycles. The van der Waals surface area contributed by atoms with Gasteiger partial charge < -0.3 is 0 Å². The number of nitrogens with zero attached hydrogens (tertiary/aromatic N) is 2. The molecule has 5 aliphatic carbocycles. The molecule has 2 heteroatoms. The molecule has 268 valence electrons. The summed E-state index contributed by atoms with van der Waals surface area (Å²) in [6, 6.07) is 62.4. The zero-order chi connectivity index (χ0) is 36.8. The smallest absolute Gasteiger partial charge is 0.160 e. The van der Waals surface area contributed by atoms with E-state index in [9.17, 15) is 0 Å². The molecule has 2 nitrogen and oxygen atoms in total. The van der Waals surface area contributed by atoms with Gasteiger partial charge in [0, 0.05) is 22.1 Å². The molecule has 4 bridgehead atoms. The van der Waals surface area contributed by atoms with E-state index >= 15 is 0 Å². The third-order valence-corrected chi connectivity index (χ3v) is 14.1. The second-order valence-corrected chi connectivity index (χ2v) is 17.0. The highest BCUT2D eigenvalue weighted by atomic mass is 14.9. The van der Waals surface area contributed by atoms with E-state index in [4.69, 9.17) is 9.97 Å². The molecule has 0 amide bonds. The van der Waals surface area contributed by atoms with Crippen molar-refractivity contribution in [2.24, 2.45) is 23.7 Å². The summed E-state index contributed by atoms with van der Waals surface area (Å²) in [7, 11) is 0. The number of hydrogen-bond acceptors (Lipinski definition) is 2. The molecule has 1 aromatic heterocycles. The Morgan fingerprint density at radius 3 is 1.59 bits per heavy atom. The average molecular weight is 719 g/mol. The second kappa shape index (κ2) is 12.4. The number of aromatic nitrogens is 2. The zero-order valence-electron chi connectivity index (χ0n) is 31.4. The first-order valence-corrected chi connectivity index (χ1v) is 20.6. The van der Waals surface area contributed by atoms with Gasteiger partial charge in [-0.25, -0.2) is 9.97 Å². The maximum Gasteiger partial charge on any atom is 0.160 e. The summed E-state index contributed by atoms with van der Waals surface area (Å²) in [5, 5.41) is 2.72. The fourth-order valence-electron chi connectivity index (χ4n) is 12.0. The normalized spacial score (nSPS) is 22.7. The fraction of sp³-hybridized carbons (Fsp3) is 0.185. The van der Waals surface area contributed by atoms with Crippen LogP contribution in [0.15, 0.2) is 170 Å². The van der Waals surface area contributed by atoms with Crippen LogP contribution < -0.4 is 0 Å². The quantitative estimate of drug-likeness (QED) is 0.177. The lowest BCUT2D eigenvalue weighted by Crippen LogP contribution is -2.55. The van der Waals surface area contributed by atoms with E-state index in [2.05, 4.69) is 146 Å². The van der Waals surface area contributed by atoms with Gasteiger partial charge in [-0.15, -0.1) is 0 Å². The fourth-order valence-corrected chi connectivity index (χ4v) is 12.0. The average Bonchev–Trinajstić information content (AvgIpc) is 3.54. The first-order valence-electron chi connectivity index (χ1n) is 20.6. The minimum absolute atomic E-state index is 0.115. The van der Waals surface area contributed by atoms with Crippen molar-refractivity contribution in [2.45, 2.75) is 37.5 Å². The van der Waals surface area contributed by atoms with Crippen LogP contribution in [0, 0.1) is 23.7 Å². The molecule has 7 aromatic carbocycles. The van der Waals surface area contributed by atoms with Gasteiger partial charge in [-0.3, -0.25) is 0 Å². The molecule has 0 unspecified atom stereocenters. The third-order valence-electron chi connectivity index (χ3n) is 14.1. The predicted octanol–water partition coefficient (Wildman–Crippen LogP) is 13.7. The van der Waals surface area contributed by atoms with Crippen molar-refractivity contribution in [3.63, 3.8) is 0 Å². The Morgan fingerprint density at radius 2 is 0.911 bits per heavy atom. The number of hydrogen-bond donors (Lipinski definition) is 0. The summed E-state index contributed by atoms with van der Waals surface area (Å²) in [4.78, 5) is 10.1. The van der Waals surface area contributed by atoms with Crippen LogP contribution in [-0.4, -0.2) is 9.97 Å². The van der Waals surface area contributed by atoms with Crippen molar-refractivity contribution in [1.29, 1.82) is 0 Å². The molecule has 0 radical (unpaired) electrons. The van der Waals surface area contributed by atoms with Crippen molar-refractivity contribution in [3.05, 3.63) is 181 Å². The molecule has 5 aliphatic rings. The maximum absolute atomic E-state index is 5.11. The highest BCUT2D eigenvalue weighted by Gasteiger charge is 2.61. The van der Waals surface area contributed by atoms with Gasteiger partial charge in [0.15, 0.2) is 5.82 Å². The van der Waals surface area contributed by atoms with E-state index in [-0.39, 0.29) is 5.41 Å². The van der Waals surface area contributed by atoms with Crippen molar-refractivity contribution in [1.82, 2.24) is 9.97 Å². The summed E-state index contributed by atoms with van der Waals surface area (Å²) in [5.41, 5.74) is 16.4. The van der Waals surface area contributed by atoms with Crippen LogP contribution in [0.4, 0.5) is 0 Å². The molecule has 1 heterocycles. The van der Waals surface area contributed by atoms with Gasteiger partial charge in [0.05, 0.1) is 11.4 Å². The van der Waals surface area contributed by atoms with Gasteiger partial charge in [0.25, 0.3) is 0 Å². The Morgan fingerprint density at radius 1 is 0.375 bits per heavy atom. The summed E-state index contributed by atoms with van der Waals surface area (Å²) in [6.07, 6.45) is 7.01. The van der Waals surface area contributed by atoms with Crippen molar-refractivity contribution < 1.29 is 0 Å². The topological polar surface area (TPSA) is 25.8 Å². The van der Waals surface area contributed by atoms with Crippen LogP contribution in [0.5, 0.6) is 0 Å². The van der Waals surface area contributed by atoms with Gasteiger partial charge in [-0.2, -0.15) is 0 Å². The van der Waals surface area contributed by atoms with E-state index in [1.807, 2.05) is 24.3 Å². The summed E-state index contributed by atoms with van der Waals surface area (Å²) in [6.45, 7) is 0. The molecule has 4 fully saturated rings. The molecule has 4 saturated carbocycles. The van der Waals surface area contributed by atoms with Crippen LogP contribution in [0.1, 0.15) is 43.2 Å². The van der Waals surface area contributed by atoms with Gasteiger partial charge in [-0.05, 0) is 129 Å². The minimum atomic E-state index is 0.115. The Hall–Kier alpha value is -6.12.